The van der Waals surface area contributed by atoms with Crippen LogP contribution in [-0.2, 0) is 9.53 Å². The number of anilines is 1. The highest BCUT2D eigenvalue weighted by Gasteiger charge is 2.19. The quantitative estimate of drug-likeness (QED) is 0.930. The molecular weight excluding hydrogens is 292 g/mol. The Morgan fingerprint density at radius 2 is 2.05 bits per heavy atom. The van der Waals surface area contributed by atoms with E-state index in [0.29, 0.717) is 49.0 Å². The van der Waals surface area contributed by atoms with Crippen molar-refractivity contribution in [1.82, 2.24) is 4.90 Å². The van der Waals surface area contributed by atoms with Gasteiger partial charge in [0.15, 0.2) is 0 Å². The molecule has 0 saturated carbocycles. The molecule has 2 rings (SSSR count). The number of benzene rings is 1. The largest absolute Gasteiger partial charge is 0.378 e. The third-order valence-electron chi connectivity index (χ3n) is 3.26. The molecule has 6 heteroatoms. The van der Waals surface area contributed by atoms with Crippen molar-refractivity contribution in [1.29, 1.82) is 0 Å². The summed E-state index contributed by atoms with van der Waals surface area (Å²) in [5.41, 5.74) is 1.00. The maximum Gasteiger partial charge on any atom is 0.254 e. The van der Waals surface area contributed by atoms with Gasteiger partial charge in [-0.1, -0.05) is 18.5 Å². The van der Waals surface area contributed by atoms with Crippen LogP contribution in [0.4, 0.5) is 5.69 Å². The average molecular weight is 311 g/mol. The van der Waals surface area contributed by atoms with Gasteiger partial charge in [-0.15, -0.1) is 0 Å². The molecule has 0 aromatic heterocycles. The number of halogens is 1. The number of nitrogens with one attached hydrogen (secondary N) is 1. The topological polar surface area (TPSA) is 58.6 Å². The SMILES string of the molecule is CCCC(=O)Nc1cc(C(=O)N2CCOCC2)ccc1Cl. The van der Waals surface area contributed by atoms with Gasteiger partial charge in [-0.25, -0.2) is 0 Å². The van der Waals surface area contributed by atoms with E-state index >= 15 is 0 Å². The standard InChI is InChI=1S/C15H19ClN2O3/c1-2-3-14(19)17-13-10-11(4-5-12(13)16)15(20)18-6-8-21-9-7-18/h4-5,10H,2-3,6-9H2,1H3,(H,17,19). The zero-order valence-electron chi connectivity index (χ0n) is 12.0. The summed E-state index contributed by atoms with van der Waals surface area (Å²) < 4.78 is 5.24. The van der Waals surface area contributed by atoms with Crippen molar-refractivity contribution >= 4 is 29.1 Å². The van der Waals surface area contributed by atoms with E-state index in [-0.39, 0.29) is 11.8 Å². The number of ether oxygens (including phenoxy) is 1. The molecule has 2 amide bonds. The van der Waals surface area contributed by atoms with Crippen LogP contribution in [0.1, 0.15) is 30.1 Å². The van der Waals surface area contributed by atoms with Crippen LogP contribution in [0.15, 0.2) is 18.2 Å². The van der Waals surface area contributed by atoms with E-state index in [1.165, 1.54) is 0 Å². The Labute approximate surface area is 129 Å². The predicted molar refractivity (Wildman–Crippen MR) is 81.7 cm³/mol. The van der Waals surface area contributed by atoms with Crippen molar-refractivity contribution < 1.29 is 14.3 Å². The van der Waals surface area contributed by atoms with Crippen LogP contribution < -0.4 is 5.32 Å². The number of hydrogen-bond donors (Lipinski definition) is 1. The van der Waals surface area contributed by atoms with Crippen molar-refractivity contribution in [3.8, 4) is 0 Å². The van der Waals surface area contributed by atoms with E-state index in [0.717, 1.165) is 6.42 Å². The number of carbonyl (C=O) groups is 2. The van der Waals surface area contributed by atoms with Gasteiger partial charge in [-0.2, -0.15) is 0 Å². The number of carbonyl (C=O) groups excluding carboxylic acids is 2. The number of amides is 2. The zero-order valence-corrected chi connectivity index (χ0v) is 12.8. The smallest absolute Gasteiger partial charge is 0.254 e. The fourth-order valence-electron chi connectivity index (χ4n) is 2.14. The lowest BCUT2D eigenvalue weighted by Crippen LogP contribution is -2.40. The first-order chi connectivity index (χ1) is 10.1. The second kappa shape index (κ2) is 7.43. The van der Waals surface area contributed by atoms with Crippen LogP contribution in [0.3, 0.4) is 0 Å². The van der Waals surface area contributed by atoms with E-state index < -0.39 is 0 Å². The van der Waals surface area contributed by atoms with Crippen molar-refractivity contribution in [3.05, 3.63) is 28.8 Å². The minimum absolute atomic E-state index is 0.0686. The fraction of sp³-hybridized carbons (Fsp3) is 0.467. The van der Waals surface area contributed by atoms with Gasteiger partial charge in [-0.05, 0) is 24.6 Å². The van der Waals surface area contributed by atoms with E-state index in [1.807, 2.05) is 6.92 Å². The van der Waals surface area contributed by atoms with E-state index in [1.54, 1.807) is 23.1 Å². The van der Waals surface area contributed by atoms with Gasteiger partial charge in [0, 0.05) is 25.1 Å². The van der Waals surface area contributed by atoms with Gasteiger partial charge in [0.05, 0.1) is 23.9 Å². The molecule has 114 valence electrons. The molecule has 0 atom stereocenters. The maximum absolute atomic E-state index is 12.4. The summed E-state index contributed by atoms with van der Waals surface area (Å²) in [7, 11) is 0. The number of morpholine rings is 1. The van der Waals surface area contributed by atoms with Gasteiger partial charge in [-0.3, -0.25) is 9.59 Å². The van der Waals surface area contributed by atoms with Crippen molar-refractivity contribution in [3.63, 3.8) is 0 Å². The van der Waals surface area contributed by atoms with Crippen LogP contribution in [0, 0.1) is 0 Å². The zero-order chi connectivity index (χ0) is 15.2. The molecule has 5 nitrogen and oxygen atoms in total. The van der Waals surface area contributed by atoms with Crippen molar-refractivity contribution in [2.75, 3.05) is 31.6 Å². The molecule has 0 unspecified atom stereocenters. The van der Waals surface area contributed by atoms with Crippen molar-refractivity contribution in [2.24, 2.45) is 0 Å². The highest BCUT2D eigenvalue weighted by Crippen LogP contribution is 2.24. The second-order valence-electron chi connectivity index (χ2n) is 4.90. The lowest BCUT2D eigenvalue weighted by molar-refractivity contribution is -0.116. The summed E-state index contributed by atoms with van der Waals surface area (Å²) in [5.74, 6) is -0.170. The molecule has 21 heavy (non-hydrogen) atoms. The summed E-state index contributed by atoms with van der Waals surface area (Å²) in [6, 6.07) is 4.94. The molecule has 1 aromatic carbocycles. The Balaban J connectivity index is 2.13. The molecule has 0 spiro atoms. The molecular formula is C15H19ClN2O3. The van der Waals surface area contributed by atoms with Gasteiger partial charge >= 0.3 is 0 Å². The van der Waals surface area contributed by atoms with Gasteiger partial charge in [0.25, 0.3) is 5.91 Å². The molecule has 0 radical (unpaired) electrons. The Morgan fingerprint density at radius 1 is 1.33 bits per heavy atom. The fourth-order valence-corrected chi connectivity index (χ4v) is 2.31. The Hall–Kier alpha value is -1.59. The first-order valence-corrected chi connectivity index (χ1v) is 7.46. The Bertz CT molecular complexity index is 528. The van der Waals surface area contributed by atoms with E-state index in [2.05, 4.69) is 5.32 Å². The third kappa shape index (κ3) is 4.19. The third-order valence-corrected chi connectivity index (χ3v) is 3.59. The van der Waals surface area contributed by atoms with Crippen LogP contribution in [0.25, 0.3) is 0 Å². The molecule has 0 aliphatic carbocycles. The Morgan fingerprint density at radius 3 is 2.71 bits per heavy atom. The lowest BCUT2D eigenvalue weighted by atomic mass is 10.1. The van der Waals surface area contributed by atoms with Gasteiger partial charge in [0.1, 0.15) is 0 Å². The van der Waals surface area contributed by atoms with Crippen LogP contribution in [-0.4, -0.2) is 43.0 Å². The molecule has 1 aliphatic heterocycles. The molecule has 1 aliphatic rings. The summed E-state index contributed by atoms with van der Waals surface area (Å²) in [6.07, 6.45) is 1.19. The van der Waals surface area contributed by atoms with Gasteiger partial charge < -0.3 is 15.0 Å². The first kappa shape index (κ1) is 15.8. The predicted octanol–water partition coefficient (Wildman–Crippen LogP) is 2.55. The minimum atomic E-state index is -0.102. The highest BCUT2D eigenvalue weighted by molar-refractivity contribution is 6.33. The first-order valence-electron chi connectivity index (χ1n) is 7.08. The summed E-state index contributed by atoms with van der Waals surface area (Å²) in [4.78, 5) is 25.8. The van der Waals surface area contributed by atoms with E-state index in [9.17, 15) is 9.59 Å². The average Bonchev–Trinajstić information content (AvgIpc) is 2.50. The van der Waals surface area contributed by atoms with Crippen LogP contribution >= 0.6 is 11.6 Å². The lowest BCUT2D eigenvalue weighted by Gasteiger charge is -2.27. The monoisotopic (exact) mass is 310 g/mol. The van der Waals surface area contributed by atoms with Gasteiger partial charge in [0.2, 0.25) is 5.91 Å². The van der Waals surface area contributed by atoms with Crippen LogP contribution in [0.5, 0.6) is 0 Å². The number of hydrogen-bond acceptors (Lipinski definition) is 3. The van der Waals surface area contributed by atoms with Crippen molar-refractivity contribution in [2.45, 2.75) is 19.8 Å². The summed E-state index contributed by atoms with van der Waals surface area (Å²) in [6.45, 7) is 4.20. The Kier molecular flexibility index (Phi) is 5.59. The number of nitrogens with zero attached hydrogens (tertiary/aromatic N) is 1. The maximum atomic E-state index is 12.4. The molecule has 1 heterocycles. The number of rotatable bonds is 4. The minimum Gasteiger partial charge on any atom is -0.378 e. The second-order valence-corrected chi connectivity index (χ2v) is 5.30. The van der Waals surface area contributed by atoms with E-state index in [4.69, 9.17) is 16.3 Å². The molecule has 0 bridgehead atoms. The molecule has 1 saturated heterocycles. The molecule has 1 N–H and O–H groups in total. The summed E-state index contributed by atoms with van der Waals surface area (Å²) in [5, 5.41) is 3.17. The van der Waals surface area contributed by atoms with Crippen LogP contribution in [0.2, 0.25) is 5.02 Å². The molecule has 1 aromatic rings. The summed E-state index contributed by atoms with van der Waals surface area (Å²) >= 11 is 6.07. The normalized spacial score (nSPS) is 14.9. The molecule has 1 fully saturated rings. The highest BCUT2D eigenvalue weighted by atomic mass is 35.5.